The summed E-state index contributed by atoms with van der Waals surface area (Å²) in [6, 6.07) is 26.9. The maximum Gasteiger partial charge on any atom is 0.313 e. The van der Waals surface area contributed by atoms with E-state index in [0.717, 1.165) is 16.8 Å². The molecule has 6 nitrogen and oxygen atoms in total. The van der Waals surface area contributed by atoms with E-state index < -0.39 is 29.0 Å². The molecule has 182 valence electrons. The quantitative estimate of drug-likeness (QED) is 0.508. The first-order valence-corrected chi connectivity index (χ1v) is 12.4. The van der Waals surface area contributed by atoms with Gasteiger partial charge in [-0.25, -0.2) is 0 Å². The molecule has 2 bridgehead atoms. The van der Waals surface area contributed by atoms with Gasteiger partial charge < -0.3 is 14.4 Å². The first-order valence-electron chi connectivity index (χ1n) is 12.4. The molecule has 0 aliphatic carbocycles. The van der Waals surface area contributed by atoms with Gasteiger partial charge in [-0.1, -0.05) is 78.9 Å². The number of hydrogen-bond donors (Lipinski definition) is 0. The van der Waals surface area contributed by atoms with Crippen LogP contribution in [-0.4, -0.2) is 30.4 Å². The van der Waals surface area contributed by atoms with Crippen LogP contribution in [0, 0.1) is 5.92 Å². The molecule has 3 aromatic carbocycles. The van der Waals surface area contributed by atoms with Gasteiger partial charge in [-0.2, -0.15) is 0 Å². The molecule has 6 rings (SSSR count). The summed E-state index contributed by atoms with van der Waals surface area (Å²) < 4.78 is 12.2. The Bertz CT molecular complexity index is 1340. The number of ketones is 1. The second-order valence-electron chi connectivity index (χ2n) is 9.63. The zero-order valence-electron chi connectivity index (χ0n) is 20.1. The van der Waals surface area contributed by atoms with Crippen LogP contribution in [0.15, 0.2) is 84.9 Å². The maximum atomic E-state index is 14.9. The number of para-hydroxylation sites is 1. The number of carbonyl (C=O) groups excluding carboxylic acids is 3. The van der Waals surface area contributed by atoms with E-state index in [-0.39, 0.29) is 24.7 Å². The lowest BCUT2D eigenvalue weighted by molar-refractivity contribution is -0.158. The number of amides is 1. The lowest BCUT2D eigenvalue weighted by Crippen LogP contribution is -2.57. The summed E-state index contributed by atoms with van der Waals surface area (Å²) in [6.07, 6.45) is -0.515. The molecule has 0 unspecified atom stereocenters. The minimum absolute atomic E-state index is 0.147. The van der Waals surface area contributed by atoms with Crippen LogP contribution < -0.4 is 4.90 Å². The highest BCUT2D eigenvalue weighted by Crippen LogP contribution is 2.66. The molecule has 0 N–H and O–H groups in total. The van der Waals surface area contributed by atoms with Crippen LogP contribution in [0.25, 0.3) is 0 Å². The zero-order chi connectivity index (χ0) is 24.9. The van der Waals surface area contributed by atoms with E-state index in [2.05, 4.69) is 0 Å². The topological polar surface area (TPSA) is 72.9 Å². The average molecular weight is 482 g/mol. The van der Waals surface area contributed by atoms with Crippen molar-refractivity contribution in [1.82, 2.24) is 0 Å². The van der Waals surface area contributed by atoms with Gasteiger partial charge in [-0.05, 0) is 36.1 Å². The first kappa shape index (κ1) is 22.7. The smallest absolute Gasteiger partial charge is 0.313 e. The van der Waals surface area contributed by atoms with E-state index >= 15 is 0 Å². The minimum Gasteiger partial charge on any atom is -0.466 e. The van der Waals surface area contributed by atoms with Gasteiger partial charge in [0.1, 0.15) is 23.0 Å². The van der Waals surface area contributed by atoms with E-state index in [1.165, 1.54) is 0 Å². The van der Waals surface area contributed by atoms with E-state index in [1.54, 1.807) is 11.8 Å². The normalized spacial score (nSPS) is 28.4. The highest BCUT2D eigenvalue weighted by Gasteiger charge is 2.78. The minimum atomic E-state index is -1.43. The van der Waals surface area contributed by atoms with Gasteiger partial charge in [0.05, 0.1) is 13.2 Å². The number of fused-ring (bicyclic) bond motifs is 5. The largest absolute Gasteiger partial charge is 0.466 e. The third-order valence-electron chi connectivity index (χ3n) is 7.94. The van der Waals surface area contributed by atoms with Crippen LogP contribution in [0.4, 0.5) is 5.69 Å². The molecule has 1 spiro atoms. The van der Waals surface area contributed by atoms with E-state index in [9.17, 15) is 14.4 Å². The molecule has 0 radical (unpaired) electrons. The van der Waals surface area contributed by atoms with Crippen LogP contribution >= 0.6 is 0 Å². The number of nitrogens with zero attached hydrogens (tertiary/aromatic N) is 1. The van der Waals surface area contributed by atoms with Crippen molar-refractivity contribution >= 4 is 23.3 Å². The van der Waals surface area contributed by atoms with Gasteiger partial charge in [-0.3, -0.25) is 14.4 Å². The third kappa shape index (κ3) is 2.91. The Kier molecular flexibility index (Phi) is 5.30. The Balaban J connectivity index is 1.64. The molecule has 36 heavy (non-hydrogen) atoms. The standard InChI is InChI=1S/C30H27NO5/c1-2-35-27(33)25-26-24(32)17-18-29(36-26,21-13-7-4-8-14-21)30(25)22-15-9-10-16-23(22)31(28(30)34)19-20-11-5-3-6-12-20/h3-16,25-26H,2,17-19H2,1H3/t25-,26-,29-,30+/m0/s1. The molecular formula is C30H27NO5. The van der Waals surface area contributed by atoms with Crippen LogP contribution in [-0.2, 0) is 41.4 Å². The monoisotopic (exact) mass is 481 g/mol. The fourth-order valence-electron chi connectivity index (χ4n) is 6.58. The molecule has 3 aliphatic heterocycles. The summed E-state index contributed by atoms with van der Waals surface area (Å²) in [6.45, 7) is 2.22. The molecule has 3 aromatic rings. The highest BCUT2D eigenvalue weighted by atomic mass is 16.6. The van der Waals surface area contributed by atoms with E-state index in [1.807, 2.05) is 84.9 Å². The molecule has 4 atom stereocenters. The van der Waals surface area contributed by atoms with Crippen molar-refractivity contribution in [2.75, 3.05) is 11.5 Å². The van der Waals surface area contributed by atoms with Crippen molar-refractivity contribution in [3.8, 4) is 0 Å². The van der Waals surface area contributed by atoms with Crippen LogP contribution in [0.1, 0.15) is 36.5 Å². The van der Waals surface area contributed by atoms with Gasteiger partial charge in [0.2, 0.25) is 5.91 Å². The van der Waals surface area contributed by atoms with Gasteiger partial charge >= 0.3 is 5.97 Å². The van der Waals surface area contributed by atoms with Crippen molar-refractivity contribution in [2.24, 2.45) is 5.92 Å². The predicted molar refractivity (Wildman–Crippen MR) is 133 cm³/mol. The van der Waals surface area contributed by atoms with Crippen molar-refractivity contribution in [3.05, 3.63) is 102 Å². The van der Waals surface area contributed by atoms with Gasteiger partial charge in [0.25, 0.3) is 0 Å². The van der Waals surface area contributed by atoms with Crippen molar-refractivity contribution in [1.29, 1.82) is 0 Å². The second kappa shape index (κ2) is 8.42. The van der Waals surface area contributed by atoms with E-state index in [4.69, 9.17) is 9.47 Å². The van der Waals surface area contributed by atoms with Crippen molar-refractivity contribution in [2.45, 2.75) is 43.4 Å². The van der Waals surface area contributed by atoms with Gasteiger partial charge in [-0.15, -0.1) is 0 Å². The number of carbonyl (C=O) groups is 3. The fourth-order valence-corrected chi connectivity index (χ4v) is 6.58. The number of Topliss-reactive ketones (excluding diaryl/α,β-unsaturated/α-hetero) is 1. The number of rotatable bonds is 5. The van der Waals surface area contributed by atoms with Gasteiger partial charge in [0.15, 0.2) is 5.78 Å². The summed E-state index contributed by atoms with van der Waals surface area (Å²) in [4.78, 5) is 43.5. The van der Waals surface area contributed by atoms with Gasteiger partial charge in [0, 0.05) is 12.1 Å². The Morgan fingerprint density at radius 3 is 2.36 bits per heavy atom. The number of hydrogen-bond acceptors (Lipinski definition) is 5. The second-order valence-corrected chi connectivity index (χ2v) is 9.63. The first-order chi connectivity index (χ1) is 17.5. The predicted octanol–water partition coefficient (Wildman–Crippen LogP) is 4.31. The van der Waals surface area contributed by atoms with Crippen LogP contribution in [0.2, 0.25) is 0 Å². The fraction of sp³-hybridized carbons (Fsp3) is 0.300. The molecule has 3 aliphatic rings. The summed E-state index contributed by atoms with van der Waals surface area (Å²) in [5, 5.41) is 0. The maximum absolute atomic E-state index is 14.9. The molecule has 1 amide bonds. The van der Waals surface area contributed by atoms with Crippen molar-refractivity contribution in [3.63, 3.8) is 0 Å². The number of benzene rings is 3. The third-order valence-corrected chi connectivity index (χ3v) is 7.94. The number of esters is 1. The Morgan fingerprint density at radius 2 is 1.64 bits per heavy atom. The SMILES string of the molecule is CCOC(=O)[C@@H]1[C@H]2O[C@](c3ccccc3)(CCC2=O)[C@@]12C(=O)N(Cc1ccccc1)c1ccccc12. The highest BCUT2D eigenvalue weighted by molar-refractivity contribution is 6.13. The zero-order valence-corrected chi connectivity index (χ0v) is 20.1. The Hall–Kier alpha value is -3.77. The Labute approximate surface area is 209 Å². The summed E-state index contributed by atoms with van der Waals surface area (Å²) >= 11 is 0. The molecular weight excluding hydrogens is 454 g/mol. The molecule has 2 saturated heterocycles. The molecule has 0 saturated carbocycles. The lowest BCUT2D eigenvalue weighted by atomic mass is 9.59. The Morgan fingerprint density at radius 1 is 0.972 bits per heavy atom. The molecule has 2 fully saturated rings. The van der Waals surface area contributed by atoms with Crippen LogP contribution in [0.5, 0.6) is 0 Å². The summed E-state index contributed by atoms with van der Waals surface area (Å²) in [5.41, 5.74) is 0.604. The average Bonchev–Trinajstić information content (AvgIpc) is 3.32. The summed E-state index contributed by atoms with van der Waals surface area (Å²) in [7, 11) is 0. The number of ether oxygens (including phenoxy) is 2. The molecule has 0 aromatic heterocycles. The molecule has 3 heterocycles. The van der Waals surface area contributed by atoms with E-state index in [0.29, 0.717) is 18.5 Å². The van der Waals surface area contributed by atoms with Crippen LogP contribution in [0.3, 0.4) is 0 Å². The molecule has 6 heteroatoms. The van der Waals surface area contributed by atoms with Crippen molar-refractivity contribution < 1.29 is 23.9 Å². The number of anilines is 1. The summed E-state index contributed by atoms with van der Waals surface area (Å²) in [5.74, 6) is -2.04. The lowest BCUT2D eigenvalue weighted by Gasteiger charge is -2.43.